The fourth-order valence-electron chi connectivity index (χ4n) is 3.89. The lowest BCUT2D eigenvalue weighted by molar-refractivity contribution is 0.0706. The van der Waals surface area contributed by atoms with E-state index in [0.29, 0.717) is 12.1 Å². The second-order valence-electron chi connectivity index (χ2n) is 7.15. The van der Waals surface area contributed by atoms with E-state index in [1.807, 2.05) is 29.2 Å². The van der Waals surface area contributed by atoms with Crippen LogP contribution in [0.2, 0.25) is 0 Å². The number of hydrogen-bond acceptors (Lipinski definition) is 4. The molecule has 1 aromatic carbocycles. The number of aromatic amines is 1. The summed E-state index contributed by atoms with van der Waals surface area (Å²) in [4.78, 5) is 28.4. The van der Waals surface area contributed by atoms with Crippen LogP contribution in [0.4, 0.5) is 0 Å². The molecule has 1 aliphatic heterocycles. The molecule has 1 saturated heterocycles. The van der Waals surface area contributed by atoms with Crippen LogP contribution in [0.25, 0.3) is 21.6 Å². The summed E-state index contributed by atoms with van der Waals surface area (Å²) < 4.78 is 0. The van der Waals surface area contributed by atoms with Crippen LogP contribution in [-0.2, 0) is 0 Å². The number of nitrogens with zero attached hydrogens (tertiary/aromatic N) is 3. The lowest BCUT2D eigenvalue weighted by atomic mass is 9.93. The number of rotatable bonds is 3. The Morgan fingerprint density at radius 3 is 3.04 bits per heavy atom. The Bertz CT molecular complexity index is 1120. The van der Waals surface area contributed by atoms with Gasteiger partial charge >= 0.3 is 0 Å². The second-order valence-corrected chi connectivity index (χ2v) is 8.10. The number of fused-ring (bicyclic) bond motifs is 1. The lowest BCUT2D eigenvalue weighted by Gasteiger charge is -2.32. The van der Waals surface area contributed by atoms with Gasteiger partial charge in [0, 0.05) is 30.3 Å². The molecule has 1 atom stereocenters. The molecular formula is C22H20N4OS. The van der Waals surface area contributed by atoms with Crippen molar-refractivity contribution in [1.82, 2.24) is 19.9 Å². The molecular weight excluding hydrogens is 368 g/mol. The highest BCUT2D eigenvalue weighted by atomic mass is 32.1. The molecule has 1 unspecified atom stereocenters. The van der Waals surface area contributed by atoms with Crippen LogP contribution in [0.1, 0.15) is 34.8 Å². The van der Waals surface area contributed by atoms with Gasteiger partial charge in [0.2, 0.25) is 0 Å². The first kappa shape index (κ1) is 17.1. The SMILES string of the molecule is O=C(c1ccc2nc[nH]c2c1)N1CCCC(c2cccc(-c3cccs3)n2)C1. The number of thiophene rings is 1. The molecule has 1 N–H and O–H groups in total. The third-order valence-corrected chi connectivity index (χ3v) is 6.23. The largest absolute Gasteiger partial charge is 0.345 e. The predicted octanol–water partition coefficient (Wildman–Crippen LogP) is 4.71. The standard InChI is InChI=1S/C22H20N4OS/c27-22(15-8-9-18-20(12-15)24-14-23-18)26-10-2-4-16(13-26)17-5-1-6-19(25-17)21-7-3-11-28-21/h1,3,5-9,11-12,14,16H,2,4,10,13H2,(H,23,24). The van der Waals surface area contributed by atoms with Gasteiger partial charge < -0.3 is 9.88 Å². The zero-order valence-electron chi connectivity index (χ0n) is 15.3. The van der Waals surface area contributed by atoms with E-state index in [2.05, 4.69) is 39.6 Å². The number of benzene rings is 1. The smallest absolute Gasteiger partial charge is 0.253 e. The van der Waals surface area contributed by atoms with Gasteiger partial charge in [0.1, 0.15) is 0 Å². The van der Waals surface area contributed by atoms with E-state index < -0.39 is 0 Å². The molecule has 5 rings (SSSR count). The van der Waals surface area contributed by atoms with Gasteiger partial charge in [0.05, 0.1) is 27.9 Å². The molecule has 1 aliphatic rings. The number of H-pyrrole nitrogens is 1. The number of carbonyl (C=O) groups excluding carboxylic acids is 1. The highest BCUT2D eigenvalue weighted by Gasteiger charge is 2.26. The van der Waals surface area contributed by atoms with E-state index in [-0.39, 0.29) is 11.8 Å². The third-order valence-electron chi connectivity index (χ3n) is 5.34. The summed E-state index contributed by atoms with van der Waals surface area (Å²) in [6, 6.07) is 16.0. The molecule has 1 amide bonds. The minimum Gasteiger partial charge on any atom is -0.345 e. The van der Waals surface area contributed by atoms with E-state index in [9.17, 15) is 4.79 Å². The highest BCUT2D eigenvalue weighted by molar-refractivity contribution is 7.13. The van der Waals surface area contributed by atoms with Crippen LogP contribution >= 0.6 is 11.3 Å². The Balaban J connectivity index is 1.37. The van der Waals surface area contributed by atoms with Crippen molar-refractivity contribution in [3.05, 3.63) is 71.5 Å². The zero-order chi connectivity index (χ0) is 18.9. The van der Waals surface area contributed by atoms with Gasteiger partial charge in [-0.2, -0.15) is 0 Å². The number of aromatic nitrogens is 3. The number of amides is 1. The number of nitrogens with one attached hydrogen (secondary N) is 1. The molecule has 0 spiro atoms. The Kier molecular flexibility index (Phi) is 4.41. The minimum absolute atomic E-state index is 0.0793. The van der Waals surface area contributed by atoms with Crippen molar-refractivity contribution in [2.75, 3.05) is 13.1 Å². The van der Waals surface area contributed by atoms with Crippen LogP contribution in [0, 0.1) is 0 Å². The van der Waals surface area contributed by atoms with Crippen LogP contribution in [0.5, 0.6) is 0 Å². The maximum Gasteiger partial charge on any atom is 0.253 e. The van der Waals surface area contributed by atoms with E-state index in [4.69, 9.17) is 4.98 Å². The van der Waals surface area contributed by atoms with Crippen molar-refractivity contribution in [3.63, 3.8) is 0 Å². The molecule has 28 heavy (non-hydrogen) atoms. The van der Waals surface area contributed by atoms with E-state index >= 15 is 0 Å². The summed E-state index contributed by atoms with van der Waals surface area (Å²) in [6.45, 7) is 1.50. The minimum atomic E-state index is 0.0793. The number of imidazole rings is 1. The summed E-state index contributed by atoms with van der Waals surface area (Å²) >= 11 is 1.70. The van der Waals surface area contributed by atoms with Gasteiger partial charge in [0.25, 0.3) is 5.91 Å². The molecule has 5 nitrogen and oxygen atoms in total. The van der Waals surface area contributed by atoms with Crippen LogP contribution in [0.3, 0.4) is 0 Å². The summed E-state index contributed by atoms with van der Waals surface area (Å²) in [6.07, 6.45) is 3.71. The number of pyridine rings is 1. The topological polar surface area (TPSA) is 61.9 Å². The molecule has 3 aromatic heterocycles. The van der Waals surface area contributed by atoms with Crippen molar-refractivity contribution in [2.45, 2.75) is 18.8 Å². The molecule has 4 heterocycles. The Morgan fingerprint density at radius 1 is 1.18 bits per heavy atom. The van der Waals surface area contributed by atoms with Crippen molar-refractivity contribution in [1.29, 1.82) is 0 Å². The fourth-order valence-corrected chi connectivity index (χ4v) is 4.59. The highest BCUT2D eigenvalue weighted by Crippen LogP contribution is 2.30. The van der Waals surface area contributed by atoms with E-state index in [1.54, 1.807) is 17.7 Å². The van der Waals surface area contributed by atoms with Gasteiger partial charge in [-0.1, -0.05) is 12.1 Å². The molecule has 4 aromatic rings. The molecule has 140 valence electrons. The Labute approximate surface area is 167 Å². The first-order chi connectivity index (χ1) is 13.8. The van der Waals surface area contributed by atoms with Gasteiger partial charge in [-0.05, 0) is 54.6 Å². The summed E-state index contributed by atoms with van der Waals surface area (Å²) in [5.74, 6) is 0.351. The summed E-state index contributed by atoms with van der Waals surface area (Å²) in [5.41, 5.74) is 4.57. The lowest BCUT2D eigenvalue weighted by Crippen LogP contribution is -2.39. The Morgan fingerprint density at radius 2 is 2.14 bits per heavy atom. The average Bonchev–Trinajstić information content (AvgIpc) is 3.45. The van der Waals surface area contributed by atoms with Gasteiger partial charge in [-0.15, -0.1) is 11.3 Å². The summed E-state index contributed by atoms with van der Waals surface area (Å²) in [5, 5.41) is 2.07. The first-order valence-electron chi connectivity index (χ1n) is 9.51. The first-order valence-corrected chi connectivity index (χ1v) is 10.4. The number of hydrogen-bond donors (Lipinski definition) is 1. The van der Waals surface area contributed by atoms with Crippen LogP contribution < -0.4 is 0 Å². The van der Waals surface area contributed by atoms with Crippen LogP contribution in [-0.4, -0.2) is 38.8 Å². The molecule has 0 radical (unpaired) electrons. The normalized spacial score (nSPS) is 17.1. The Hall–Kier alpha value is -2.99. The average molecular weight is 388 g/mol. The molecule has 0 saturated carbocycles. The van der Waals surface area contributed by atoms with Crippen molar-refractivity contribution in [2.24, 2.45) is 0 Å². The number of piperidine rings is 1. The van der Waals surface area contributed by atoms with Gasteiger partial charge in [-0.25, -0.2) is 4.98 Å². The number of likely N-dealkylation sites (tertiary alicyclic amines) is 1. The molecule has 0 bridgehead atoms. The summed E-state index contributed by atoms with van der Waals surface area (Å²) in [7, 11) is 0. The maximum atomic E-state index is 13.1. The molecule has 1 fully saturated rings. The quantitative estimate of drug-likeness (QED) is 0.553. The molecule has 0 aliphatic carbocycles. The number of carbonyl (C=O) groups is 1. The molecule has 6 heteroatoms. The van der Waals surface area contributed by atoms with E-state index in [0.717, 1.165) is 41.8 Å². The second kappa shape index (κ2) is 7.20. The van der Waals surface area contributed by atoms with Gasteiger partial charge in [-0.3, -0.25) is 9.78 Å². The predicted molar refractivity (Wildman–Crippen MR) is 112 cm³/mol. The van der Waals surface area contributed by atoms with Crippen molar-refractivity contribution < 1.29 is 4.79 Å². The van der Waals surface area contributed by atoms with Crippen molar-refractivity contribution in [3.8, 4) is 10.6 Å². The third kappa shape index (κ3) is 3.20. The van der Waals surface area contributed by atoms with E-state index in [1.165, 1.54) is 4.88 Å². The fraction of sp³-hybridized carbons (Fsp3) is 0.227. The van der Waals surface area contributed by atoms with Gasteiger partial charge in [0.15, 0.2) is 0 Å². The van der Waals surface area contributed by atoms with Crippen LogP contribution in [0.15, 0.2) is 60.2 Å². The maximum absolute atomic E-state index is 13.1. The van der Waals surface area contributed by atoms with Crippen molar-refractivity contribution >= 4 is 28.3 Å². The monoisotopic (exact) mass is 388 g/mol. The zero-order valence-corrected chi connectivity index (χ0v) is 16.2.